The molecule has 5 heteroatoms. The van der Waals surface area contributed by atoms with Crippen LogP contribution in [0.4, 0.5) is 0 Å². The third-order valence-corrected chi connectivity index (χ3v) is 4.96. The van der Waals surface area contributed by atoms with E-state index in [1.807, 2.05) is 0 Å². The van der Waals surface area contributed by atoms with Crippen molar-refractivity contribution in [1.82, 2.24) is 0 Å². The second-order valence-electron chi connectivity index (χ2n) is 4.77. The van der Waals surface area contributed by atoms with Gasteiger partial charge in [-0.05, 0) is 0 Å². The molecule has 0 saturated carbocycles. The van der Waals surface area contributed by atoms with Crippen molar-refractivity contribution in [3.63, 3.8) is 0 Å². The first-order valence-electron chi connectivity index (χ1n) is 5.99. The van der Waals surface area contributed by atoms with Crippen LogP contribution in [-0.2, 0) is 20.4 Å². The van der Waals surface area contributed by atoms with Crippen LogP contribution >= 0.6 is 45.1 Å². The molecular formula is C15H21Cl3PTi. The van der Waals surface area contributed by atoms with Gasteiger partial charge in [-0.1, -0.05) is 0 Å². The summed E-state index contributed by atoms with van der Waals surface area (Å²) in [6, 6.07) is 11.0. The van der Waals surface area contributed by atoms with E-state index in [0.717, 1.165) is 6.42 Å². The van der Waals surface area contributed by atoms with Crippen LogP contribution in [0.2, 0.25) is 0 Å². The van der Waals surface area contributed by atoms with Gasteiger partial charge in [-0.3, -0.25) is 0 Å². The fourth-order valence-corrected chi connectivity index (χ4v) is 4.01. The molecule has 1 aliphatic rings. The molecular weight excluding hydrogens is 365 g/mol. The first-order chi connectivity index (χ1) is 8.18. The van der Waals surface area contributed by atoms with Crippen LogP contribution in [-0.4, -0.2) is 19.5 Å². The zero-order valence-corrected chi connectivity index (χ0v) is 16.6. The van der Waals surface area contributed by atoms with Gasteiger partial charge >= 0.3 is 118 Å². The van der Waals surface area contributed by atoms with Crippen LogP contribution in [0, 0.1) is 0 Å². The normalized spacial score (nSPS) is 14.3. The number of allylic oxidation sites excluding steroid dienone is 4. The molecule has 1 aromatic rings. The average Bonchev–Trinajstić information content (AvgIpc) is 2.73. The fraction of sp³-hybridized carbons (Fsp3) is 0.333. The van der Waals surface area contributed by atoms with Crippen molar-refractivity contribution in [2.75, 3.05) is 19.5 Å². The van der Waals surface area contributed by atoms with Gasteiger partial charge in [-0.25, -0.2) is 0 Å². The maximum atomic E-state index is 2.37. The molecule has 0 aromatic heterocycles. The molecule has 111 valence electrons. The van der Waals surface area contributed by atoms with E-state index in [2.05, 4.69) is 76.2 Å². The predicted octanol–water partition coefficient (Wildman–Crippen LogP) is 5.54. The molecule has 0 bridgehead atoms. The Labute approximate surface area is 154 Å². The Bertz CT molecular complexity index is 444. The van der Waals surface area contributed by atoms with E-state index in [0.29, 0.717) is 5.92 Å². The summed E-state index contributed by atoms with van der Waals surface area (Å²) >= 11 is 2.28. The van der Waals surface area contributed by atoms with Gasteiger partial charge in [-0.15, -0.1) is 37.2 Å². The monoisotopic (exact) mass is 385 g/mol. The van der Waals surface area contributed by atoms with Crippen LogP contribution in [0.5, 0.6) is 0 Å². The zero-order chi connectivity index (χ0) is 12.3. The van der Waals surface area contributed by atoms with Crippen LogP contribution in [0.3, 0.4) is 0 Å². The van der Waals surface area contributed by atoms with E-state index in [9.17, 15) is 0 Å². The second-order valence-corrected chi connectivity index (χ2v) is 8.23. The standard InChI is InChI=1S/C15H18P.3ClH.Ti/c1-16(2)12-15(14-10-6-7-11-14)13-8-4-3-5-9-13;;;;/h3-6,8-10,15H,7,12H2,1-2H3;3*1H;. The summed E-state index contributed by atoms with van der Waals surface area (Å²) in [5.41, 5.74) is 3.04. The van der Waals surface area contributed by atoms with Crippen LogP contribution in [0.15, 0.2) is 51.9 Å². The fourth-order valence-electron chi connectivity index (χ4n) is 2.28. The third-order valence-electron chi connectivity index (χ3n) is 3.09. The molecule has 1 aliphatic carbocycles. The first-order valence-corrected chi connectivity index (χ1v) is 9.19. The van der Waals surface area contributed by atoms with Gasteiger partial charge in [0.05, 0.1) is 0 Å². The second kappa shape index (κ2) is 11.3. The molecule has 1 unspecified atom stereocenters. The summed E-state index contributed by atoms with van der Waals surface area (Å²) in [6.45, 7) is 4.75. The number of hydrogen-bond acceptors (Lipinski definition) is 0. The smallest absolute Gasteiger partial charge is 0.147 e. The molecule has 0 fully saturated rings. The molecule has 0 heterocycles. The Morgan fingerprint density at radius 3 is 2.15 bits per heavy atom. The minimum atomic E-state index is 0. The Kier molecular flexibility index (Phi) is 13.0. The van der Waals surface area contributed by atoms with Crippen molar-refractivity contribution < 1.29 is 20.4 Å². The van der Waals surface area contributed by atoms with E-state index in [-0.39, 0.29) is 45.1 Å². The summed E-state index contributed by atoms with van der Waals surface area (Å²) < 4.78 is 1.55. The maximum Gasteiger partial charge on any atom is -0.147 e. The molecule has 0 amide bonds. The largest absolute Gasteiger partial charge is 0.147 e. The number of rotatable bonds is 4. The molecule has 0 radical (unpaired) electrons. The third kappa shape index (κ3) is 6.23. The SMILES string of the molecule is CP(C)CC(C1=[C]([Ti])CC=C1)c1ccccc1.Cl.Cl.Cl. The average molecular weight is 387 g/mol. The van der Waals surface area contributed by atoms with Gasteiger partial charge in [0.1, 0.15) is 0 Å². The van der Waals surface area contributed by atoms with Gasteiger partial charge < -0.3 is 0 Å². The Hall–Kier alpha value is 0.714. The minimum absolute atomic E-state index is 0. The maximum absolute atomic E-state index is 2.37. The summed E-state index contributed by atoms with van der Waals surface area (Å²) in [6.07, 6.45) is 7.08. The van der Waals surface area contributed by atoms with Crippen molar-refractivity contribution in [3.05, 3.63) is 57.5 Å². The van der Waals surface area contributed by atoms with Crippen LogP contribution < -0.4 is 0 Å². The van der Waals surface area contributed by atoms with Crippen LogP contribution in [0.25, 0.3) is 0 Å². The van der Waals surface area contributed by atoms with Crippen molar-refractivity contribution in [3.8, 4) is 0 Å². The van der Waals surface area contributed by atoms with E-state index in [1.54, 1.807) is 9.45 Å². The van der Waals surface area contributed by atoms with Crippen molar-refractivity contribution in [1.29, 1.82) is 0 Å². The Morgan fingerprint density at radius 1 is 1.10 bits per heavy atom. The van der Waals surface area contributed by atoms with Gasteiger partial charge in [-0.2, -0.15) is 0 Å². The Balaban J connectivity index is 0. The first kappa shape index (κ1) is 23.0. The number of hydrogen-bond donors (Lipinski definition) is 0. The van der Waals surface area contributed by atoms with Gasteiger partial charge in [0.15, 0.2) is 0 Å². The summed E-state index contributed by atoms with van der Waals surface area (Å²) in [4.78, 5) is 0. The molecule has 0 saturated heterocycles. The van der Waals surface area contributed by atoms with Gasteiger partial charge in [0, 0.05) is 0 Å². The summed E-state index contributed by atoms with van der Waals surface area (Å²) in [7, 11) is 0.133. The predicted molar refractivity (Wildman–Crippen MR) is 95.3 cm³/mol. The van der Waals surface area contributed by atoms with E-state index < -0.39 is 0 Å². The van der Waals surface area contributed by atoms with E-state index in [1.165, 1.54) is 11.7 Å². The van der Waals surface area contributed by atoms with E-state index >= 15 is 0 Å². The molecule has 0 nitrogen and oxygen atoms in total. The molecule has 20 heavy (non-hydrogen) atoms. The topological polar surface area (TPSA) is 0 Å². The molecule has 1 atom stereocenters. The zero-order valence-electron chi connectivity index (χ0n) is 11.7. The molecule has 0 aliphatic heterocycles. The number of benzene rings is 1. The van der Waals surface area contributed by atoms with Gasteiger partial charge in [0.25, 0.3) is 0 Å². The van der Waals surface area contributed by atoms with Crippen molar-refractivity contribution in [2.24, 2.45) is 0 Å². The Morgan fingerprint density at radius 2 is 1.70 bits per heavy atom. The summed E-state index contributed by atoms with van der Waals surface area (Å²) in [5, 5.41) is 0. The van der Waals surface area contributed by atoms with Gasteiger partial charge in [0.2, 0.25) is 0 Å². The quantitative estimate of drug-likeness (QED) is 0.471. The van der Waals surface area contributed by atoms with Crippen molar-refractivity contribution >= 4 is 45.1 Å². The number of halogens is 3. The van der Waals surface area contributed by atoms with Crippen molar-refractivity contribution in [2.45, 2.75) is 12.3 Å². The molecule has 2 rings (SSSR count). The van der Waals surface area contributed by atoms with Crippen LogP contribution in [0.1, 0.15) is 17.9 Å². The summed E-state index contributed by atoms with van der Waals surface area (Å²) in [5.74, 6) is 0.607. The molecule has 1 aromatic carbocycles. The molecule has 0 N–H and O–H groups in total. The van der Waals surface area contributed by atoms with E-state index in [4.69, 9.17) is 0 Å². The molecule has 0 spiro atoms. The minimum Gasteiger partial charge on any atom is -0.147 e.